The predicted octanol–water partition coefficient (Wildman–Crippen LogP) is 4.32. The first-order valence-electron chi connectivity index (χ1n) is 8.69. The van der Waals surface area contributed by atoms with Crippen LogP contribution in [0.5, 0.6) is 5.75 Å². The molecule has 138 valence electrons. The number of aryl methyl sites for hydroxylation is 2. The van der Waals surface area contributed by atoms with Gasteiger partial charge >= 0.3 is 6.03 Å². The summed E-state index contributed by atoms with van der Waals surface area (Å²) in [6.45, 7) is 6.97. The standard InChI is InChI=1S/C20H24ClN3O2/c1-14-5-4-6-16(11-14)23-7-9-24(10-8-23)20(25)22-18-12-15(2)17(21)13-19(18)26-3/h4-6,11-13H,7-10H2,1-3H3,(H,22,25). The number of piperazine rings is 1. The Morgan fingerprint density at radius 3 is 2.50 bits per heavy atom. The normalized spacial score (nSPS) is 14.3. The Morgan fingerprint density at radius 1 is 1.12 bits per heavy atom. The van der Waals surface area contributed by atoms with Crippen LogP contribution in [-0.2, 0) is 0 Å². The largest absolute Gasteiger partial charge is 0.495 e. The lowest BCUT2D eigenvalue weighted by atomic mass is 10.2. The smallest absolute Gasteiger partial charge is 0.322 e. The van der Waals surface area contributed by atoms with E-state index in [-0.39, 0.29) is 6.03 Å². The van der Waals surface area contributed by atoms with E-state index in [1.165, 1.54) is 11.3 Å². The molecule has 0 bridgehead atoms. The molecule has 5 nitrogen and oxygen atoms in total. The SMILES string of the molecule is COc1cc(Cl)c(C)cc1NC(=O)N1CCN(c2cccc(C)c2)CC1. The molecule has 1 aliphatic rings. The molecule has 0 radical (unpaired) electrons. The van der Waals surface area contributed by atoms with Gasteiger partial charge < -0.3 is 19.9 Å². The van der Waals surface area contributed by atoms with Crippen LogP contribution < -0.4 is 15.0 Å². The number of nitrogens with zero attached hydrogens (tertiary/aromatic N) is 2. The van der Waals surface area contributed by atoms with E-state index in [1.807, 2.05) is 17.9 Å². The summed E-state index contributed by atoms with van der Waals surface area (Å²) in [4.78, 5) is 16.8. The number of nitrogens with one attached hydrogen (secondary N) is 1. The van der Waals surface area contributed by atoms with Crippen LogP contribution in [-0.4, -0.2) is 44.2 Å². The van der Waals surface area contributed by atoms with Crippen LogP contribution in [0.3, 0.4) is 0 Å². The molecule has 0 unspecified atom stereocenters. The summed E-state index contributed by atoms with van der Waals surface area (Å²) in [6.07, 6.45) is 0. The zero-order chi connectivity index (χ0) is 18.7. The van der Waals surface area contributed by atoms with Crippen molar-refractivity contribution in [3.05, 3.63) is 52.5 Å². The first kappa shape index (κ1) is 18.4. The predicted molar refractivity (Wildman–Crippen MR) is 107 cm³/mol. The van der Waals surface area contributed by atoms with E-state index in [2.05, 4.69) is 41.4 Å². The molecule has 2 aromatic carbocycles. The summed E-state index contributed by atoms with van der Waals surface area (Å²) in [6, 6.07) is 11.9. The van der Waals surface area contributed by atoms with E-state index < -0.39 is 0 Å². The van der Waals surface area contributed by atoms with Crippen molar-refractivity contribution in [2.75, 3.05) is 43.5 Å². The molecule has 1 saturated heterocycles. The summed E-state index contributed by atoms with van der Waals surface area (Å²) in [5.41, 5.74) is 3.99. The number of carbonyl (C=O) groups excluding carboxylic acids is 1. The summed E-state index contributed by atoms with van der Waals surface area (Å²) in [5.74, 6) is 0.562. The second kappa shape index (κ2) is 7.87. The number of benzene rings is 2. The maximum Gasteiger partial charge on any atom is 0.322 e. The van der Waals surface area contributed by atoms with Crippen molar-refractivity contribution in [1.29, 1.82) is 0 Å². The van der Waals surface area contributed by atoms with Crippen molar-refractivity contribution in [3.63, 3.8) is 0 Å². The van der Waals surface area contributed by atoms with Crippen LogP contribution in [0.4, 0.5) is 16.2 Å². The number of methoxy groups -OCH3 is 1. The Morgan fingerprint density at radius 2 is 1.85 bits per heavy atom. The Bertz CT molecular complexity index is 802. The zero-order valence-corrected chi connectivity index (χ0v) is 16.1. The highest BCUT2D eigenvalue weighted by Crippen LogP contribution is 2.31. The summed E-state index contributed by atoms with van der Waals surface area (Å²) in [5, 5.41) is 3.57. The first-order valence-corrected chi connectivity index (χ1v) is 9.07. The third kappa shape index (κ3) is 4.05. The lowest BCUT2D eigenvalue weighted by Crippen LogP contribution is -2.50. The topological polar surface area (TPSA) is 44.8 Å². The fourth-order valence-corrected chi connectivity index (χ4v) is 3.27. The molecule has 1 fully saturated rings. The molecular weight excluding hydrogens is 350 g/mol. The molecule has 3 rings (SSSR count). The highest BCUT2D eigenvalue weighted by Gasteiger charge is 2.22. The molecule has 0 saturated carbocycles. The minimum Gasteiger partial charge on any atom is -0.495 e. The van der Waals surface area contributed by atoms with Gasteiger partial charge in [-0.25, -0.2) is 4.79 Å². The fourth-order valence-electron chi connectivity index (χ4n) is 3.12. The molecule has 0 spiro atoms. The number of ether oxygens (including phenoxy) is 1. The Labute approximate surface area is 159 Å². The monoisotopic (exact) mass is 373 g/mol. The number of urea groups is 1. The van der Waals surface area contributed by atoms with Gasteiger partial charge in [0, 0.05) is 43.0 Å². The number of amides is 2. The van der Waals surface area contributed by atoms with Crippen LogP contribution in [0.1, 0.15) is 11.1 Å². The average Bonchev–Trinajstić information content (AvgIpc) is 2.64. The van der Waals surface area contributed by atoms with Crippen LogP contribution in [0.25, 0.3) is 0 Å². The average molecular weight is 374 g/mol. The maximum atomic E-state index is 12.6. The Kier molecular flexibility index (Phi) is 5.57. The molecule has 1 heterocycles. The molecule has 0 aliphatic carbocycles. The van der Waals surface area contributed by atoms with Gasteiger partial charge in [0.25, 0.3) is 0 Å². The van der Waals surface area contributed by atoms with E-state index in [4.69, 9.17) is 16.3 Å². The van der Waals surface area contributed by atoms with Gasteiger partial charge in [-0.2, -0.15) is 0 Å². The highest BCUT2D eigenvalue weighted by molar-refractivity contribution is 6.31. The van der Waals surface area contributed by atoms with Gasteiger partial charge in [0.2, 0.25) is 0 Å². The Hall–Kier alpha value is -2.40. The van der Waals surface area contributed by atoms with Crippen molar-refractivity contribution >= 4 is 29.0 Å². The van der Waals surface area contributed by atoms with Gasteiger partial charge in [-0.1, -0.05) is 23.7 Å². The molecule has 1 N–H and O–H groups in total. The number of hydrogen-bond acceptors (Lipinski definition) is 3. The third-order valence-corrected chi connectivity index (χ3v) is 5.06. The van der Waals surface area contributed by atoms with Crippen LogP contribution in [0.15, 0.2) is 36.4 Å². The molecule has 2 amide bonds. The fraction of sp³-hybridized carbons (Fsp3) is 0.350. The zero-order valence-electron chi connectivity index (χ0n) is 15.4. The van der Waals surface area contributed by atoms with Gasteiger partial charge in [-0.3, -0.25) is 0 Å². The van der Waals surface area contributed by atoms with E-state index in [9.17, 15) is 4.79 Å². The number of anilines is 2. The number of rotatable bonds is 3. The molecule has 2 aromatic rings. The number of halogens is 1. The van der Waals surface area contributed by atoms with Gasteiger partial charge in [-0.05, 0) is 43.2 Å². The first-order chi connectivity index (χ1) is 12.5. The van der Waals surface area contributed by atoms with Crippen molar-refractivity contribution in [3.8, 4) is 5.75 Å². The van der Waals surface area contributed by atoms with Gasteiger partial charge in [0.05, 0.1) is 12.8 Å². The second-order valence-corrected chi connectivity index (χ2v) is 6.95. The summed E-state index contributed by atoms with van der Waals surface area (Å²) >= 11 is 6.13. The molecule has 6 heteroatoms. The van der Waals surface area contributed by atoms with Crippen molar-refractivity contribution in [2.24, 2.45) is 0 Å². The van der Waals surface area contributed by atoms with Crippen molar-refractivity contribution < 1.29 is 9.53 Å². The van der Waals surface area contributed by atoms with Crippen LogP contribution in [0.2, 0.25) is 5.02 Å². The number of carbonyl (C=O) groups is 1. The van der Waals surface area contributed by atoms with Crippen LogP contribution in [0, 0.1) is 13.8 Å². The summed E-state index contributed by atoms with van der Waals surface area (Å²) < 4.78 is 5.33. The molecule has 0 aromatic heterocycles. The van der Waals surface area contributed by atoms with Gasteiger partial charge in [0.1, 0.15) is 5.75 Å². The molecule has 1 aliphatic heterocycles. The van der Waals surface area contributed by atoms with E-state index in [1.54, 1.807) is 13.2 Å². The second-order valence-electron chi connectivity index (χ2n) is 6.54. The lowest BCUT2D eigenvalue weighted by molar-refractivity contribution is 0.208. The van der Waals surface area contributed by atoms with E-state index in [0.717, 1.165) is 18.7 Å². The lowest BCUT2D eigenvalue weighted by Gasteiger charge is -2.36. The minimum absolute atomic E-state index is 0.117. The van der Waals surface area contributed by atoms with Gasteiger partial charge in [-0.15, -0.1) is 0 Å². The third-order valence-electron chi connectivity index (χ3n) is 4.66. The Balaban J connectivity index is 1.63. The van der Waals surface area contributed by atoms with E-state index in [0.29, 0.717) is 29.5 Å². The molecule has 26 heavy (non-hydrogen) atoms. The van der Waals surface area contributed by atoms with Crippen molar-refractivity contribution in [2.45, 2.75) is 13.8 Å². The highest BCUT2D eigenvalue weighted by atomic mass is 35.5. The number of hydrogen-bond donors (Lipinski definition) is 1. The van der Waals surface area contributed by atoms with Crippen molar-refractivity contribution in [1.82, 2.24) is 4.90 Å². The molecule has 0 atom stereocenters. The maximum absolute atomic E-state index is 12.6. The molecular formula is C20H24ClN3O2. The quantitative estimate of drug-likeness (QED) is 0.871. The van der Waals surface area contributed by atoms with Gasteiger partial charge in [0.15, 0.2) is 0 Å². The van der Waals surface area contributed by atoms with E-state index >= 15 is 0 Å². The van der Waals surface area contributed by atoms with Crippen LogP contribution >= 0.6 is 11.6 Å². The summed E-state index contributed by atoms with van der Waals surface area (Å²) in [7, 11) is 1.57. The minimum atomic E-state index is -0.117.